The normalized spacial score (nSPS) is 16.0. The van der Waals surface area contributed by atoms with E-state index in [2.05, 4.69) is 26.7 Å². The number of imidazole rings is 1. The van der Waals surface area contributed by atoms with Crippen molar-refractivity contribution in [3.8, 4) is 28.3 Å². The number of fused-ring (bicyclic) bond motifs is 5. The number of H-pyrrole nitrogens is 1. The van der Waals surface area contributed by atoms with Crippen LogP contribution in [0.1, 0.15) is 74.7 Å². The SMILES string of the molecule is CCCN(Cc1ncc(-c2cc(F)c3c(c2)OC(c2ccc(C4CC4)s2)n2c-3cc3cc(Cl)ccc32)[nH]1)C(=O)OC(C)(C)C. The van der Waals surface area contributed by atoms with E-state index in [0.717, 1.165) is 27.9 Å². The van der Waals surface area contributed by atoms with Crippen LogP contribution in [0.2, 0.25) is 5.02 Å². The quantitative estimate of drug-likeness (QED) is 0.194. The third-order valence-electron chi connectivity index (χ3n) is 7.88. The number of benzene rings is 2. The number of carbonyl (C=O) groups is 1. The molecule has 3 aromatic heterocycles. The van der Waals surface area contributed by atoms with Crippen LogP contribution in [0.15, 0.2) is 54.7 Å². The molecule has 1 atom stereocenters. The second-order valence-corrected chi connectivity index (χ2v) is 14.1. The van der Waals surface area contributed by atoms with Gasteiger partial charge in [0.2, 0.25) is 6.23 Å². The Morgan fingerprint density at radius 1 is 1.18 bits per heavy atom. The van der Waals surface area contributed by atoms with Gasteiger partial charge in [-0.05, 0) is 94.5 Å². The third-order valence-corrected chi connectivity index (χ3v) is 9.39. The molecule has 44 heavy (non-hydrogen) atoms. The van der Waals surface area contributed by atoms with Gasteiger partial charge < -0.3 is 19.4 Å². The predicted molar refractivity (Wildman–Crippen MR) is 172 cm³/mol. The topological polar surface area (TPSA) is 72.4 Å². The molecule has 0 radical (unpaired) electrons. The lowest BCUT2D eigenvalue weighted by Crippen LogP contribution is -2.37. The summed E-state index contributed by atoms with van der Waals surface area (Å²) < 4.78 is 30.4. The molecule has 1 fully saturated rings. The number of amides is 1. The van der Waals surface area contributed by atoms with Gasteiger partial charge in [0.1, 0.15) is 23.0 Å². The van der Waals surface area contributed by atoms with E-state index >= 15 is 4.39 Å². The molecule has 1 N–H and O–H groups in total. The average Bonchev–Trinajstić information content (AvgIpc) is 3.35. The number of nitrogens with zero attached hydrogens (tertiary/aromatic N) is 3. The second kappa shape index (κ2) is 11.0. The maximum absolute atomic E-state index is 16.1. The number of aromatic amines is 1. The van der Waals surface area contributed by atoms with Crippen LogP contribution in [-0.2, 0) is 11.3 Å². The first-order valence-electron chi connectivity index (χ1n) is 15.0. The fourth-order valence-corrected chi connectivity index (χ4v) is 7.16. The van der Waals surface area contributed by atoms with Crippen molar-refractivity contribution in [2.24, 2.45) is 0 Å². The van der Waals surface area contributed by atoms with Gasteiger partial charge in [0, 0.05) is 27.4 Å². The summed E-state index contributed by atoms with van der Waals surface area (Å²) in [5.41, 5.74) is 2.73. The highest BCUT2D eigenvalue weighted by atomic mass is 35.5. The Kier molecular flexibility index (Phi) is 7.21. The van der Waals surface area contributed by atoms with E-state index in [4.69, 9.17) is 21.1 Å². The number of aromatic nitrogens is 3. The molecule has 0 bridgehead atoms. The Morgan fingerprint density at radius 3 is 2.73 bits per heavy atom. The Bertz CT molecular complexity index is 1880. The Balaban J connectivity index is 1.25. The molecule has 1 unspecified atom stereocenters. The minimum absolute atomic E-state index is 0.249. The van der Waals surface area contributed by atoms with Crippen molar-refractivity contribution in [2.45, 2.75) is 71.2 Å². The van der Waals surface area contributed by atoms with E-state index in [-0.39, 0.29) is 6.54 Å². The molecule has 5 aromatic rings. The zero-order valence-corrected chi connectivity index (χ0v) is 26.7. The van der Waals surface area contributed by atoms with Gasteiger partial charge in [0.25, 0.3) is 0 Å². The fraction of sp³-hybridized carbons (Fsp3) is 0.353. The summed E-state index contributed by atoms with van der Waals surface area (Å²) >= 11 is 8.11. The zero-order valence-electron chi connectivity index (χ0n) is 25.1. The number of hydrogen-bond acceptors (Lipinski definition) is 5. The molecule has 0 spiro atoms. The van der Waals surface area contributed by atoms with Crippen molar-refractivity contribution in [2.75, 3.05) is 6.54 Å². The van der Waals surface area contributed by atoms with E-state index in [9.17, 15) is 4.79 Å². The Morgan fingerprint density at radius 2 is 1.98 bits per heavy atom. The molecule has 1 saturated carbocycles. The maximum Gasteiger partial charge on any atom is 0.410 e. The van der Waals surface area contributed by atoms with Crippen LogP contribution < -0.4 is 4.74 Å². The van der Waals surface area contributed by atoms with Crippen LogP contribution in [0, 0.1) is 5.82 Å². The van der Waals surface area contributed by atoms with Crippen molar-refractivity contribution in [1.82, 2.24) is 19.4 Å². The van der Waals surface area contributed by atoms with Crippen molar-refractivity contribution in [3.63, 3.8) is 0 Å². The summed E-state index contributed by atoms with van der Waals surface area (Å²) in [5.74, 6) is 1.28. The largest absolute Gasteiger partial charge is 0.464 e. The molecule has 1 aliphatic carbocycles. The molecule has 0 saturated heterocycles. The third kappa shape index (κ3) is 5.48. The first-order chi connectivity index (χ1) is 21.1. The molecule has 1 amide bonds. The predicted octanol–water partition coefficient (Wildman–Crippen LogP) is 9.52. The number of rotatable bonds is 7. The van der Waals surface area contributed by atoms with Gasteiger partial charge in [-0.2, -0.15) is 0 Å². The van der Waals surface area contributed by atoms with Crippen LogP contribution in [-0.4, -0.2) is 37.7 Å². The molecule has 4 heterocycles. The summed E-state index contributed by atoms with van der Waals surface area (Å²) in [7, 11) is 0. The summed E-state index contributed by atoms with van der Waals surface area (Å²) in [4.78, 5) is 24.6. The Hall–Kier alpha value is -3.82. The second-order valence-electron chi connectivity index (χ2n) is 12.6. The van der Waals surface area contributed by atoms with Crippen molar-refractivity contribution in [1.29, 1.82) is 0 Å². The fourth-order valence-electron chi connectivity index (χ4n) is 5.78. The zero-order chi connectivity index (χ0) is 30.7. The molecule has 10 heteroatoms. The monoisotopic (exact) mass is 632 g/mol. The van der Waals surface area contributed by atoms with Crippen molar-refractivity contribution in [3.05, 3.63) is 81.1 Å². The minimum atomic E-state index is -0.601. The highest BCUT2D eigenvalue weighted by molar-refractivity contribution is 7.12. The molecular weight excluding hydrogens is 599 g/mol. The lowest BCUT2D eigenvalue weighted by Gasteiger charge is -2.30. The van der Waals surface area contributed by atoms with Gasteiger partial charge in [0.05, 0.1) is 40.1 Å². The number of halogens is 2. The lowest BCUT2D eigenvalue weighted by atomic mass is 10.0. The molecule has 7 nitrogen and oxygen atoms in total. The summed E-state index contributed by atoms with van der Waals surface area (Å²) in [6.45, 7) is 8.31. The van der Waals surface area contributed by atoms with Gasteiger partial charge in [-0.25, -0.2) is 14.2 Å². The van der Waals surface area contributed by atoms with Gasteiger partial charge in [-0.3, -0.25) is 4.57 Å². The molecule has 2 aliphatic rings. The summed E-state index contributed by atoms with van der Waals surface area (Å²) in [5, 5.41) is 1.55. The molecular formula is C34H34ClFN4O3S. The van der Waals surface area contributed by atoms with Gasteiger partial charge in [-0.15, -0.1) is 11.3 Å². The van der Waals surface area contributed by atoms with E-state index < -0.39 is 23.7 Å². The van der Waals surface area contributed by atoms with Crippen LogP contribution in [0.5, 0.6) is 5.75 Å². The summed E-state index contributed by atoms with van der Waals surface area (Å²) in [6.07, 6.45) is 4.04. The first kappa shape index (κ1) is 28.9. The molecule has 7 rings (SSSR count). The lowest BCUT2D eigenvalue weighted by molar-refractivity contribution is 0.0229. The molecule has 2 aromatic carbocycles. The maximum atomic E-state index is 16.1. The van der Waals surface area contributed by atoms with Crippen LogP contribution in [0.4, 0.5) is 9.18 Å². The number of ether oxygens (including phenoxy) is 2. The van der Waals surface area contributed by atoms with Crippen LogP contribution >= 0.6 is 22.9 Å². The van der Waals surface area contributed by atoms with E-state index in [0.29, 0.717) is 45.9 Å². The highest BCUT2D eigenvalue weighted by Gasteiger charge is 2.34. The van der Waals surface area contributed by atoms with Crippen LogP contribution in [0.3, 0.4) is 0 Å². The van der Waals surface area contributed by atoms with Gasteiger partial charge >= 0.3 is 6.09 Å². The smallest absolute Gasteiger partial charge is 0.410 e. The van der Waals surface area contributed by atoms with E-state index in [1.165, 1.54) is 23.8 Å². The first-order valence-corrected chi connectivity index (χ1v) is 16.2. The van der Waals surface area contributed by atoms with E-state index in [1.54, 1.807) is 22.4 Å². The number of carbonyl (C=O) groups excluding carboxylic acids is 1. The Labute approximate surface area is 264 Å². The number of nitrogens with one attached hydrogen (secondary N) is 1. The average molecular weight is 633 g/mol. The number of hydrogen-bond donors (Lipinski definition) is 1. The molecule has 228 valence electrons. The molecule has 1 aliphatic heterocycles. The van der Waals surface area contributed by atoms with Gasteiger partial charge in [-0.1, -0.05) is 18.5 Å². The van der Waals surface area contributed by atoms with Crippen molar-refractivity contribution >= 4 is 39.9 Å². The van der Waals surface area contributed by atoms with E-state index in [1.807, 2.05) is 58.0 Å². The minimum Gasteiger partial charge on any atom is -0.464 e. The summed E-state index contributed by atoms with van der Waals surface area (Å²) in [6, 6.07) is 15.4. The van der Waals surface area contributed by atoms with Crippen LogP contribution in [0.25, 0.3) is 33.4 Å². The van der Waals surface area contributed by atoms with Gasteiger partial charge in [0.15, 0.2) is 0 Å². The van der Waals surface area contributed by atoms with Crippen molar-refractivity contribution < 1.29 is 18.7 Å². The standard InChI is InChI=1S/C34H34ClFN4O3S/c1-5-12-39(33(41)43-34(2,3)4)18-30-37-17-24(38-30)20-14-23(36)31-26-15-21-13-22(35)8-9-25(21)40(26)32(42-27(31)16-20)29-11-10-28(44-29)19-6-7-19/h8-11,13-17,19,32H,5-7,12,18H2,1-4H3,(H,37,38). The number of thiophene rings is 1. The highest BCUT2D eigenvalue weighted by Crippen LogP contribution is 2.50.